The van der Waals surface area contributed by atoms with Gasteiger partial charge in [0.25, 0.3) is 5.91 Å². The minimum absolute atomic E-state index is 0.0263. The molecule has 1 amide bonds. The smallest absolute Gasteiger partial charge is 0.287 e. The topological polar surface area (TPSA) is 102 Å². The summed E-state index contributed by atoms with van der Waals surface area (Å²) < 4.78 is 30.7. The number of sulfone groups is 1. The van der Waals surface area contributed by atoms with Crippen LogP contribution in [0.25, 0.3) is 11.0 Å². The van der Waals surface area contributed by atoms with Gasteiger partial charge in [-0.25, -0.2) is 18.4 Å². The van der Waals surface area contributed by atoms with Gasteiger partial charge in [0.15, 0.2) is 20.8 Å². The van der Waals surface area contributed by atoms with Crippen molar-refractivity contribution in [3.05, 3.63) is 84.4 Å². The average Bonchev–Trinajstić information content (AvgIpc) is 3.17. The molecule has 2 aromatic carbocycles. The molecule has 0 unspecified atom stereocenters. The summed E-state index contributed by atoms with van der Waals surface area (Å²) >= 11 is 1.39. The van der Waals surface area contributed by atoms with Crippen LogP contribution < -0.4 is 5.32 Å². The van der Waals surface area contributed by atoms with Crippen molar-refractivity contribution in [3.63, 3.8) is 0 Å². The van der Waals surface area contributed by atoms with Gasteiger partial charge in [-0.05, 0) is 24.3 Å². The second kappa shape index (κ2) is 9.32. The predicted octanol–water partition coefficient (Wildman–Crippen LogP) is 3.72. The lowest BCUT2D eigenvalue weighted by Crippen LogP contribution is -2.29. The number of thioether (sulfide) groups is 1. The number of nitrogens with zero attached hydrogens (tertiary/aromatic N) is 2. The summed E-state index contributed by atoms with van der Waals surface area (Å²) in [7, 11) is -3.49. The van der Waals surface area contributed by atoms with Crippen molar-refractivity contribution in [2.24, 2.45) is 0 Å². The van der Waals surface area contributed by atoms with E-state index in [9.17, 15) is 13.2 Å². The van der Waals surface area contributed by atoms with E-state index < -0.39 is 15.7 Å². The van der Waals surface area contributed by atoms with Crippen molar-refractivity contribution in [1.82, 2.24) is 15.3 Å². The Morgan fingerprint density at radius 3 is 2.45 bits per heavy atom. The molecule has 0 saturated heterocycles. The van der Waals surface area contributed by atoms with Gasteiger partial charge >= 0.3 is 0 Å². The third-order valence-electron chi connectivity index (χ3n) is 4.55. The SMILES string of the molecule is O=C(NCCS(=O)(=O)c1ccccc1)c1oc2ccccc2c1CSc1ncccn1. The van der Waals surface area contributed by atoms with Crippen molar-refractivity contribution in [1.29, 1.82) is 0 Å². The van der Waals surface area contributed by atoms with E-state index in [1.165, 1.54) is 23.9 Å². The number of aromatic nitrogens is 2. The molecule has 0 bridgehead atoms. The first kappa shape index (κ1) is 21.1. The molecule has 0 spiro atoms. The van der Waals surface area contributed by atoms with Gasteiger partial charge in [0.05, 0.1) is 10.6 Å². The standard InChI is InChI=1S/C22H19N3O4S2/c26-21(23-13-14-31(27,28)16-7-2-1-3-8-16)20-18(15-30-22-24-11-6-12-25-22)17-9-4-5-10-19(17)29-20/h1-12H,13-15H2,(H,23,26). The summed E-state index contributed by atoms with van der Waals surface area (Å²) in [6, 6.07) is 17.3. The van der Waals surface area contributed by atoms with Crippen molar-refractivity contribution >= 4 is 38.5 Å². The lowest BCUT2D eigenvalue weighted by atomic mass is 10.1. The van der Waals surface area contributed by atoms with E-state index >= 15 is 0 Å². The largest absolute Gasteiger partial charge is 0.451 e. The molecule has 4 rings (SSSR count). The van der Waals surface area contributed by atoms with Crippen LogP contribution in [0.15, 0.2) is 87.5 Å². The van der Waals surface area contributed by atoms with E-state index in [4.69, 9.17) is 4.42 Å². The minimum Gasteiger partial charge on any atom is -0.451 e. The highest BCUT2D eigenvalue weighted by atomic mass is 32.2. The van der Waals surface area contributed by atoms with Gasteiger partial charge in [0, 0.05) is 35.6 Å². The second-order valence-corrected chi connectivity index (χ2v) is 9.67. The van der Waals surface area contributed by atoms with E-state index in [0.717, 1.165) is 10.9 Å². The molecule has 2 heterocycles. The van der Waals surface area contributed by atoms with Gasteiger partial charge in [0.2, 0.25) is 0 Å². The molecule has 1 N–H and O–H groups in total. The Labute approximate surface area is 183 Å². The van der Waals surface area contributed by atoms with E-state index in [1.807, 2.05) is 18.2 Å². The molecule has 4 aromatic rings. The third kappa shape index (κ3) is 4.95. The van der Waals surface area contributed by atoms with Crippen LogP contribution in [-0.2, 0) is 15.6 Å². The molecular formula is C22H19N3O4S2. The van der Waals surface area contributed by atoms with Crippen LogP contribution in [0.3, 0.4) is 0 Å². The van der Waals surface area contributed by atoms with E-state index in [2.05, 4.69) is 15.3 Å². The monoisotopic (exact) mass is 453 g/mol. The summed E-state index contributed by atoms with van der Waals surface area (Å²) in [6.07, 6.45) is 3.31. The van der Waals surface area contributed by atoms with Crippen LogP contribution in [0.2, 0.25) is 0 Å². The van der Waals surface area contributed by atoms with Crippen LogP contribution in [0.4, 0.5) is 0 Å². The van der Waals surface area contributed by atoms with Gasteiger partial charge in [-0.15, -0.1) is 0 Å². The lowest BCUT2D eigenvalue weighted by molar-refractivity contribution is 0.0929. The zero-order chi connectivity index (χ0) is 21.7. The number of hydrogen-bond acceptors (Lipinski definition) is 7. The van der Waals surface area contributed by atoms with Crippen molar-refractivity contribution in [3.8, 4) is 0 Å². The molecule has 9 heteroatoms. The fourth-order valence-corrected chi connectivity index (χ4v) is 5.06. The van der Waals surface area contributed by atoms with Crippen molar-refractivity contribution < 1.29 is 17.6 Å². The molecule has 31 heavy (non-hydrogen) atoms. The van der Waals surface area contributed by atoms with E-state index in [0.29, 0.717) is 16.5 Å². The van der Waals surface area contributed by atoms with Gasteiger partial charge in [-0.2, -0.15) is 0 Å². The van der Waals surface area contributed by atoms with Crippen molar-refractivity contribution in [2.75, 3.05) is 12.3 Å². The first-order valence-electron chi connectivity index (χ1n) is 9.51. The Hall–Kier alpha value is -3.17. The highest BCUT2D eigenvalue weighted by Crippen LogP contribution is 2.31. The Morgan fingerprint density at radius 2 is 1.68 bits per heavy atom. The molecule has 0 aliphatic heterocycles. The number of benzene rings is 2. The van der Waals surface area contributed by atoms with Crippen LogP contribution in [-0.4, -0.2) is 36.6 Å². The number of carbonyl (C=O) groups is 1. The molecule has 7 nitrogen and oxygen atoms in total. The molecule has 0 saturated carbocycles. The van der Waals surface area contributed by atoms with E-state index in [-0.39, 0.29) is 23.0 Å². The maximum Gasteiger partial charge on any atom is 0.287 e. The molecular weight excluding hydrogens is 434 g/mol. The van der Waals surface area contributed by atoms with Gasteiger partial charge < -0.3 is 9.73 Å². The fourth-order valence-electron chi connectivity index (χ4n) is 3.05. The number of hydrogen-bond donors (Lipinski definition) is 1. The highest BCUT2D eigenvalue weighted by Gasteiger charge is 2.22. The van der Waals surface area contributed by atoms with Gasteiger partial charge in [-0.1, -0.05) is 48.2 Å². The van der Waals surface area contributed by atoms with Crippen LogP contribution in [0, 0.1) is 0 Å². The van der Waals surface area contributed by atoms with Crippen LogP contribution in [0.1, 0.15) is 16.1 Å². The number of amides is 1. The summed E-state index contributed by atoms with van der Waals surface area (Å²) in [6.45, 7) is -0.0263. The van der Waals surface area contributed by atoms with Gasteiger partial charge in [-0.3, -0.25) is 4.79 Å². The highest BCUT2D eigenvalue weighted by molar-refractivity contribution is 7.98. The van der Waals surface area contributed by atoms with Crippen LogP contribution in [0.5, 0.6) is 0 Å². The molecule has 0 aliphatic carbocycles. The predicted molar refractivity (Wildman–Crippen MR) is 119 cm³/mol. The first-order chi connectivity index (χ1) is 15.0. The normalized spacial score (nSPS) is 11.5. The molecule has 158 valence electrons. The minimum atomic E-state index is -3.49. The summed E-state index contributed by atoms with van der Waals surface area (Å²) in [5.74, 6) is -0.0532. The third-order valence-corrected chi connectivity index (χ3v) is 7.18. The molecule has 0 atom stereocenters. The second-order valence-electron chi connectivity index (χ2n) is 6.61. The zero-order valence-electron chi connectivity index (χ0n) is 16.4. The zero-order valence-corrected chi connectivity index (χ0v) is 18.0. The number of rotatable bonds is 8. The molecule has 0 fully saturated rings. The number of carbonyl (C=O) groups excluding carboxylic acids is 1. The van der Waals surface area contributed by atoms with Crippen LogP contribution >= 0.6 is 11.8 Å². The number of fused-ring (bicyclic) bond motifs is 1. The molecule has 0 aliphatic rings. The summed E-state index contributed by atoms with van der Waals surface area (Å²) in [5.41, 5.74) is 1.31. The number of furan rings is 1. The molecule has 0 radical (unpaired) electrons. The maximum absolute atomic E-state index is 12.8. The summed E-state index contributed by atoms with van der Waals surface area (Å²) in [5, 5.41) is 4.09. The molecule has 2 aromatic heterocycles. The Balaban J connectivity index is 1.49. The van der Waals surface area contributed by atoms with Crippen molar-refractivity contribution in [2.45, 2.75) is 15.8 Å². The fraction of sp³-hybridized carbons (Fsp3) is 0.136. The quantitative estimate of drug-likeness (QED) is 0.320. The summed E-state index contributed by atoms with van der Waals surface area (Å²) in [4.78, 5) is 21.4. The Kier molecular flexibility index (Phi) is 6.34. The average molecular weight is 454 g/mol. The van der Waals surface area contributed by atoms with Gasteiger partial charge in [0.1, 0.15) is 5.58 Å². The number of para-hydroxylation sites is 1. The lowest BCUT2D eigenvalue weighted by Gasteiger charge is -2.07. The number of nitrogens with one attached hydrogen (secondary N) is 1. The Morgan fingerprint density at radius 1 is 0.968 bits per heavy atom. The maximum atomic E-state index is 12.8. The van der Waals surface area contributed by atoms with E-state index in [1.54, 1.807) is 42.7 Å². The first-order valence-corrected chi connectivity index (χ1v) is 12.1. The Bertz CT molecular complexity index is 1290.